The molecule has 0 saturated carbocycles. The van der Waals surface area contributed by atoms with Crippen LogP contribution in [0.5, 0.6) is 0 Å². The molecule has 100 valence electrons. The average molecular weight is 260 g/mol. The van der Waals surface area contributed by atoms with Crippen LogP contribution in [-0.2, 0) is 16.1 Å². The molecule has 0 N–H and O–H groups in total. The molecule has 5 nitrogen and oxygen atoms in total. The monoisotopic (exact) mass is 260 g/mol. The number of para-hydroxylation sites is 1. The lowest BCUT2D eigenvalue weighted by Gasteiger charge is -2.09. The third kappa shape index (κ3) is 2.99. The summed E-state index contributed by atoms with van der Waals surface area (Å²) in [4.78, 5) is 27.6. The van der Waals surface area contributed by atoms with Gasteiger partial charge in [0, 0.05) is 0 Å². The van der Waals surface area contributed by atoms with Crippen LogP contribution in [0.1, 0.15) is 13.8 Å². The number of carbonyl (C=O) groups is 1. The molecule has 19 heavy (non-hydrogen) atoms. The first-order valence-corrected chi connectivity index (χ1v) is 6.20. The summed E-state index contributed by atoms with van der Waals surface area (Å²) in [7, 11) is 0. The van der Waals surface area contributed by atoms with E-state index in [0.29, 0.717) is 17.4 Å². The van der Waals surface area contributed by atoms with Gasteiger partial charge in [-0.1, -0.05) is 26.0 Å². The number of hydrogen-bond acceptors (Lipinski definition) is 4. The molecule has 5 heteroatoms. The molecule has 0 saturated heterocycles. The predicted octanol–water partition coefficient (Wildman–Crippen LogP) is 1.60. The van der Waals surface area contributed by atoms with Crippen molar-refractivity contribution in [1.29, 1.82) is 0 Å². The van der Waals surface area contributed by atoms with Gasteiger partial charge in [0.05, 0.1) is 29.7 Å². The van der Waals surface area contributed by atoms with Crippen molar-refractivity contribution in [2.75, 3.05) is 6.61 Å². The molecule has 0 fully saturated rings. The van der Waals surface area contributed by atoms with E-state index in [1.54, 1.807) is 32.0 Å². The maximum atomic E-state index is 12.1. The minimum absolute atomic E-state index is 0.119. The number of rotatable bonds is 4. The van der Waals surface area contributed by atoms with Gasteiger partial charge in [0.25, 0.3) is 5.56 Å². The molecule has 0 spiro atoms. The number of esters is 1. The second-order valence-corrected chi connectivity index (χ2v) is 4.58. The normalized spacial score (nSPS) is 10.9. The molecular formula is C14H16N2O3. The van der Waals surface area contributed by atoms with E-state index >= 15 is 0 Å². The zero-order valence-electron chi connectivity index (χ0n) is 11.0. The summed E-state index contributed by atoms with van der Waals surface area (Å²) in [6, 6.07) is 7.17. The van der Waals surface area contributed by atoms with Crippen molar-refractivity contribution >= 4 is 16.9 Å². The molecule has 1 heterocycles. The van der Waals surface area contributed by atoms with Gasteiger partial charge in [-0.05, 0) is 12.1 Å². The number of ether oxygens (including phenoxy) is 1. The molecule has 0 radical (unpaired) electrons. The first kappa shape index (κ1) is 13.3. The van der Waals surface area contributed by atoms with Gasteiger partial charge in [-0.15, -0.1) is 0 Å². The van der Waals surface area contributed by atoms with Gasteiger partial charge in [-0.3, -0.25) is 14.2 Å². The molecule has 0 aliphatic rings. The zero-order valence-corrected chi connectivity index (χ0v) is 11.0. The molecule has 0 atom stereocenters. The molecule has 0 aliphatic carbocycles. The Balaban J connectivity index is 2.12. The number of nitrogens with zero attached hydrogens (tertiary/aromatic N) is 2. The fourth-order valence-electron chi connectivity index (χ4n) is 1.68. The fourth-order valence-corrected chi connectivity index (χ4v) is 1.68. The molecule has 2 rings (SSSR count). The summed E-state index contributed by atoms with van der Waals surface area (Å²) >= 11 is 0. The van der Waals surface area contributed by atoms with Gasteiger partial charge in [-0.25, -0.2) is 4.98 Å². The van der Waals surface area contributed by atoms with Gasteiger partial charge in [-0.2, -0.15) is 0 Å². The van der Waals surface area contributed by atoms with E-state index in [4.69, 9.17) is 4.74 Å². The van der Waals surface area contributed by atoms with Crippen LogP contribution in [0.25, 0.3) is 10.9 Å². The molecule has 0 amide bonds. The van der Waals surface area contributed by atoms with Crippen molar-refractivity contribution in [2.24, 2.45) is 5.92 Å². The summed E-state index contributed by atoms with van der Waals surface area (Å²) < 4.78 is 6.50. The van der Waals surface area contributed by atoms with Crippen molar-refractivity contribution in [3.8, 4) is 0 Å². The van der Waals surface area contributed by atoms with Crippen molar-refractivity contribution < 1.29 is 9.53 Å². The highest BCUT2D eigenvalue weighted by Crippen LogP contribution is 2.04. The maximum Gasteiger partial charge on any atom is 0.308 e. The van der Waals surface area contributed by atoms with E-state index in [1.807, 2.05) is 6.07 Å². The Labute approximate surface area is 110 Å². The fraction of sp³-hybridized carbons (Fsp3) is 0.357. The van der Waals surface area contributed by atoms with Crippen LogP contribution >= 0.6 is 0 Å². The molecular weight excluding hydrogens is 244 g/mol. The zero-order chi connectivity index (χ0) is 13.8. The van der Waals surface area contributed by atoms with Crippen LogP contribution in [-0.4, -0.2) is 22.1 Å². The predicted molar refractivity (Wildman–Crippen MR) is 71.8 cm³/mol. The third-order valence-electron chi connectivity index (χ3n) is 2.78. The summed E-state index contributed by atoms with van der Waals surface area (Å²) in [5.41, 5.74) is 0.550. The first-order chi connectivity index (χ1) is 9.09. The van der Waals surface area contributed by atoms with E-state index < -0.39 is 0 Å². The van der Waals surface area contributed by atoms with Gasteiger partial charge in [0.2, 0.25) is 0 Å². The number of hydrogen-bond donors (Lipinski definition) is 0. The molecule has 0 aliphatic heterocycles. The standard InChI is InChI=1S/C14H16N2O3/c1-10(2)14(18)19-8-7-16-9-15-12-6-4-3-5-11(12)13(16)17/h3-6,9-10H,7-8H2,1-2H3. The average Bonchev–Trinajstić information content (AvgIpc) is 2.41. The van der Waals surface area contributed by atoms with E-state index in [9.17, 15) is 9.59 Å². The number of aromatic nitrogens is 2. The minimum Gasteiger partial charge on any atom is -0.464 e. The molecule has 1 aromatic carbocycles. The minimum atomic E-state index is -0.262. The lowest BCUT2D eigenvalue weighted by atomic mass is 10.2. The first-order valence-electron chi connectivity index (χ1n) is 6.20. The van der Waals surface area contributed by atoms with Crippen molar-refractivity contribution in [3.63, 3.8) is 0 Å². The Morgan fingerprint density at radius 3 is 2.84 bits per heavy atom. The van der Waals surface area contributed by atoms with Crippen LogP contribution in [0.4, 0.5) is 0 Å². The van der Waals surface area contributed by atoms with E-state index in [-0.39, 0.29) is 24.1 Å². The maximum absolute atomic E-state index is 12.1. The van der Waals surface area contributed by atoms with Crippen LogP contribution in [0, 0.1) is 5.92 Å². The highest BCUT2D eigenvalue weighted by atomic mass is 16.5. The number of carbonyl (C=O) groups excluding carboxylic acids is 1. The molecule has 0 bridgehead atoms. The lowest BCUT2D eigenvalue weighted by molar-refractivity contribution is -0.147. The van der Waals surface area contributed by atoms with E-state index in [2.05, 4.69) is 4.98 Å². The van der Waals surface area contributed by atoms with E-state index in [0.717, 1.165) is 0 Å². The lowest BCUT2D eigenvalue weighted by Crippen LogP contribution is -2.24. The topological polar surface area (TPSA) is 61.2 Å². The van der Waals surface area contributed by atoms with Crippen LogP contribution in [0.2, 0.25) is 0 Å². The number of benzene rings is 1. The van der Waals surface area contributed by atoms with Gasteiger partial charge >= 0.3 is 5.97 Å². The highest BCUT2D eigenvalue weighted by molar-refractivity contribution is 5.76. The van der Waals surface area contributed by atoms with Crippen LogP contribution < -0.4 is 5.56 Å². The van der Waals surface area contributed by atoms with Crippen molar-refractivity contribution in [1.82, 2.24) is 9.55 Å². The van der Waals surface area contributed by atoms with Gasteiger partial charge < -0.3 is 4.74 Å². The summed E-state index contributed by atoms with van der Waals surface area (Å²) in [5.74, 6) is -0.423. The smallest absolute Gasteiger partial charge is 0.308 e. The van der Waals surface area contributed by atoms with Gasteiger partial charge in [0.15, 0.2) is 0 Å². The Morgan fingerprint density at radius 1 is 1.37 bits per heavy atom. The SMILES string of the molecule is CC(C)C(=O)OCCn1cnc2ccccc2c1=O. The third-order valence-corrected chi connectivity index (χ3v) is 2.78. The number of fused-ring (bicyclic) bond motifs is 1. The molecule has 1 aromatic heterocycles. The second kappa shape index (κ2) is 5.65. The van der Waals surface area contributed by atoms with Crippen LogP contribution in [0.15, 0.2) is 35.4 Å². The Hall–Kier alpha value is -2.17. The van der Waals surface area contributed by atoms with Crippen LogP contribution in [0.3, 0.4) is 0 Å². The Morgan fingerprint density at radius 2 is 2.11 bits per heavy atom. The molecule has 2 aromatic rings. The van der Waals surface area contributed by atoms with Gasteiger partial charge in [0.1, 0.15) is 6.61 Å². The Bertz CT molecular complexity index is 646. The summed E-state index contributed by atoms with van der Waals surface area (Å²) in [6.07, 6.45) is 1.48. The molecule has 0 unspecified atom stereocenters. The summed E-state index contributed by atoms with van der Waals surface area (Å²) in [6.45, 7) is 4.03. The highest BCUT2D eigenvalue weighted by Gasteiger charge is 2.08. The van der Waals surface area contributed by atoms with E-state index in [1.165, 1.54) is 10.9 Å². The second-order valence-electron chi connectivity index (χ2n) is 4.58. The quantitative estimate of drug-likeness (QED) is 0.783. The van der Waals surface area contributed by atoms with Crippen molar-refractivity contribution in [2.45, 2.75) is 20.4 Å². The van der Waals surface area contributed by atoms with Crippen molar-refractivity contribution in [3.05, 3.63) is 40.9 Å². The largest absolute Gasteiger partial charge is 0.464 e. The summed E-state index contributed by atoms with van der Waals surface area (Å²) in [5, 5.41) is 0.570. The Kier molecular flexibility index (Phi) is 3.94.